The molecule has 0 atom stereocenters. The molecule has 0 amide bonds. The lowest BCUT2D eigenvalue weighted by molar-refractivity contribution is 0.000866. The highest BCUT2D eigenvalue weighted by Gasteiger charge is 2.20. The minimum atomic E-state index is -2.67. The predicted molar refractivity (Wildman–Crippen MR) is 51.6 cm³/mol. The molecule has 4 heteroatoms. The van der Waals surface area contributed by atoms with Crippen LogP contribution in [-0.2, 0) is 0 Å². The van der Waals surface area contributed by atoms with Gasteiger partial charge >= 0.3 is 0 Å². The molecule has 0 aliphatic carbocycles. The second-order valence-corrected chi connectivity index (χ2v) is 3.24. The van der Waals surface area contributed by atoms with E-state index in [9.17, 15) is 8.78 Å². The van der Waals surface area contributed by atoms with Crippen molar-refractivity contribution in [2.75, 3.05) is 12.3 Å². The molecular weight excluding hydrogens is 188 g/mol. The Morgan fingerprint density at radius 3 is 2.36 bits per heavy atom. The Labute approximate surface area is 81.7 Å². The second kappa shape index (κ2) is 4.26. The second-order valence-electron chi connectivity index (χ2n) is 3.24. The van der Waals surface area contributed by atoms with Crippen LogP contribution in [0, 0.1) is 0 Å². The molecule has 2 N–H and O–H groups in total. The Kier molecular flexibility index (Phi) is 3.28. The van der Waals surface area contributed by atoms with Gasteiger partial charge in [0.15, 0.2) is 0 Å². The van der Waals surface area contributed by atoms with Gasteiger partial charge in [-0.2, -0.15) is 0 Å². The van der Waals surface area contributed by atoms with E-state index in [1.54, 1.807) is 24.3 Å². The summed E-state index contributed by atoms with van der Waals surface area (Å²) >= 11 is 0. The molecule has 0 fully saturated rings. The number of ether oxygens (including phenoxy) is 1. The van der Waals surface area contributed by atoms with Crippen LogP contribution in [0.15, 0.2) is 24.3 Å². The van der Waals surface area contributed by atoms with Gasteiger partial charge in [-0.3, -0.25) is 0 Å². The van der Waals surface area contributed by atoms with Crippen LogP contribution in [0.3, 0.4) is 0 Å². The zero-order valence-corrected chi connectivity index (χ0v) is 7.97. The van der Waals surface area contributed by atoms with Gasteiger partial charge < -0.3 is 10.5 Å². The summed E-state index contributed by atoms with van der Waals surface area (Å²) in [5, 5.41) is 0. The summed E-state index contributed by atoms with van der Waals surface area (Å²) in [5.74, 6) is -2.11. The van der Waals surface area contributed by atoms with Crippen molar-refractivity contribution in [3.05, 3.63) is 24.3 Å². The number of anilines is 1. The van der Waals surface area contributed by atoms with Crippen LogP contribution >= 0.6 is 0 Å². The molecule has 0 unspecified atom stereocenters. The summed E-state index contributed by atoms with van der Waals surface area (Å²) in [6, 6.07) is 6.64. The Morgan fingerprint density at radius 2 is 1.86 bits per heavy atom. The zero-order valence-electron chi connectivity index (χ0n) is 7.97. The topological polar surface area (TPSA) is 35.2 Å². The average Bonchev–Trinajstić information content (AvgIpc) is 2.06. The number of nitrogens with two attached hydrogens (primary N) is 1. The van der Waals surface area contributed by atoms with Crippen molar-refractivity contribution in [2.24, 2.45) is 0 Å². The molecule has 0 saturated carbocycles. The minimum absolute atomic E-state index is 0.00736. The first-order valence-corrected chi connectivity index (χ1v) is 4.33. The molecule has 78 valence electrons. The highest BCUT2D eigenvalue weighted by molar-refractivity contribution is 5.41. The van der Waals surface area contributed by atoms with E-state index in [1.165, 1.54) is 0 Å². The van der Waals surface area contributed by atoms with Crippen LogP contribution in [0.4, 0.5) is 14.5 Å². The van der Waals surface area contributed by atoms with E-state index in [2.05, 4.69) is 0 Å². The largest absolute Gasteiger partial charge is 0.493 e. The summed E-state index contributed by atoms with van der Waals surface area (Å²) in [6.07, 6.45) is -0.280. The van der Waals surface area contributed by atoms with Crippen molar-refractivity contribution in [3.63, 3.8) is 0 Å². The Hall–Kier alpha value is -1.32. The first-order valence-electron chi connectivity index (χ1n) is 4.33. The van der Waals surface area contributed by atoms with Gasteiger partial charge in [-0.15, -0.1) is 0 Å². The van der Waals surface area contributed by atoms with Crippen LogP contribution in [0.25, 0.3) is 0 Å². The van der Waals surface area contributed by atoms with Crippen molar-refractivity contribution in [1.82, 2.24) is 0 Å². The molecule has 0 saturated heterocycles. The lowest BCUT2D eigenvalue weighted by atomic mass is 10.3. The maximum atomic E-state index is 12.4. The molecule has 0 aliphatic rings. The fourth-order valence-electron chi connectivity index (χ4n) is 0.912. The van der Waals surface area contributed by atoms with Crippen molar-refractivity contribution >= 4 is 5.69 Å². The van der Waals surface area contributed by atoms with Crippen molar-refractivity contribution < 1.29 is 13.5 Å². The Balaban J connectivity index is 2.35. The number of rotatable bonds is 4. The monoisotopic (exact) mass is 201 g/mol. The molecule has 0 aliphatic heterocycles. The van der Waals surface area contributed by atoms with Crippen LogP contribution in [0.1, 0.15) is 13.3 Å². The number of halogens is 2. The first-order chi connectivity index (χ1) is 6.47. The van der Waals surface area contributed by atoms with Gasteiger partial charge in [0.2, 0.25) is 5.92 Å². The molecule has 0 spiro atoms. The number of alkyl halides is 2. The summed E-state index contributed by atoms with van der Waals surface area (Å²) in [7, 11) is 0. The maximum absolute atomic E-state index is 12.4. The number of hydrogen-bond acceptors (Lipinski definition) is 2. The molecule has 0 aromatic heterocycles. The van der Waals surface area contributed by atoms with Gasteiger partial charge in [-0.25, -0.2) is 8.78 Å². The maximum Gasteiger partial charge on any atom is 0.248 e. The molecular formula is C10H13F2NO. The fourth-order valence-corrected chi connectivity index (χ4v) is 0.912. The summed E-state index contributed by atoms with van der Waals surface area (Å²) in [4.78, 5) is 0. The Bertz CT molecular complexity index is 279. The summed E-state index contributed by atoms with van der Waals surface area (Å²) in [6.45, 7) is 0.882. The SMILES string of the molecule is CC(F)(F)CCOc1ccc(N)cc1. The molecule has 2 nitrogen and oxygen atoms in total. The molecule has 0 radical (unpaired) electrons. The predicted octanol–water partition coefficient (Wildman–Crippen LogP) is 2.69. The molecule has 1 rings (SSSR count). The fraction of sp³-hybridized carbons (Fsp3) is 0.400. The van der Waals surface area contributed by atoms with E-state index < -0.39 is 5.92 Å². The molecule has 14 heavy (non-hydrogen) atoms. The third-order valence-corrected chi connectivity index (χ3v) is 1.69. The standard InChI is InChI=1S/C10H13F2NO/c1-10(11,12)6-7-14-9-4-2-8(13)3-5-9/h2-5H,6-7,13H2,1H3. The molecule has 0 heterocycles. The van der Waals surface area contributed by atoms with Crippen LogP contribution in [0.5, 0.6) is 5.75 Å². The first kappa shape index (κ1) is 10.8. The van der Waals surface area contributed by atoms with Gasteiger partial charge in [0, 0.05) is 12.1 Å². The lowest BCUT2D eigenvalue weighted by Crippen LogP contribution is -2.14. The van der Waals surface area contributed by atoms with E-state index in [0.29, 0.717) is 11.4 Å². The number of hydrogen-bond donors (Lipinski definition) is 1. The van der Waals surface area contributed by atoms with Crippen molar-refractivity contribution in [1.29, 1.82) is 0 Å². The van der Waals surface area contributed by atoms with Gasteiger partial charge in [0.1, 0.15) is 5.75 Å². The van der Waals surface area contributed by atoms with E-state index in [4.69, 9.17) is 10.5 Å². The van der Waals surface area contributed by atoms with Crippen LogP contribution in [0.2, 0.25) is 0 Å². The molecule has 1 aromatic carbocycles. The van der Waals surface area contributed by atoms with Gasteiger partial charge in [-0.1, -0.05) is 0 Å². The third-order valence-electron chi connectivity index (χ3n) is 1.69. The van der Waals surface area contributed by atoms with Gasteiger partial charge in [0.25, 0.3) is 0 Å². The van der Waals surface area contributed by atoms with E-state index in [0.717, 1.165) is 6.92 Å². The van der Waals surface area contributed by atoms with Gasteiger partial charge in [0.05, 0.1) is 6.61 Å². The summed E-state index contributed by atoms with van der Waals surface area (Å²) < 4.78 is 29.9. The van der Waals surface area contributed by atoms with Gasteiger partial charge in [-0.05, 0) is 31.2 Å². The molecule has 1 aromatic rings. The number of benzene rings is 1. The minimum Gasteiger partial charge on any atom is -0.493 e. The third kappa shape index (κ3) is 4.07. The van der Waals surface area contributed by atoms with Crippen LogP contribution in [-0.4, -0.2) is 12.5 Å². The van der Waals surface area contributed by atoms with Crippen LogP contribution < -0.4 is 10.5 Å². The zero-order chi connectivity index (χ0) is 10.6. The number of nitrogen functional groups attached to an aromatic ring is 1. The highest BCUT2D eigenvalue weighted by atomic mass is 19.3. The smallest absolute Gasteiger partial charge is 0.248 e. The summed E-state index contributed by atoms with van der Waals surface area (Å²) in [5.41, 5.74) is 6.07. The van der Waals surface area contributed by atoms with Crippen molar-refractivity contribution in [3.8, 4) is 5.75 Å². The quantitative estimate of drug-likeness (QED) is 0.760. The lowest BCUT2D eigenvalue weighted by Gasteiger charge is -2.11. The van der Waals surface area contributed by atoms with Crippen molar-refractivity contribution in [2.45, 2.75) is 19.3 Å². The average molecular weight is 201 g/mol. The normalized spacial score (nSPS) is 11.4. The highest BCUT2D eigenvalue weighted by Crippen LogP contribution is 2.18. The van der Waals surface area contributed by atoms with E-state index in [1.807, 2.05) is 0 Å². The Morgan fingerprint density at radius 1 is 1.29 bits per heavy atom. The van der Waals surface area contributed by atoms with E-state index >= 15 is 0 Å². The molecule has 0 bridgehead atoms. The van der Waals surface area contributed by atoms with E-state index in [-0.39, 0.29) is 13.0 Å².